The Morgan fingerprint density at radius 2 is 2.00 bits per heavy atom. The Morgan fingerprint density at radius 3 is 2.69 bits per heavy atom. The number of nitrogens with zero attached hydrogens (tertiary/aromatic N) is 1. The van der Waals surface area contributed by atoms with Crippen LogP contribution in [0.1, 0.15) is 27.3 Å². The first kappa shape index (κ1) is 29.4. The van der Waals surface area contributed by atoms with Gasteiger partial charge in [-0.3, -0.25) is 0 Å². The van der Waals surface area contributed by atoms with Gasteiger partial charge in [0.05, 0.1) is 5.56 Å². The fourth-order valence-corrected chi connectivity index (χ4v) is 4.68. The van der Waals surface area contributed by atoms with Crippen molar-refractivity contribution in [2.75, 3.05) is 19.0 Å². The Hall–Kier alpha value is -2.84. The number of aromatic nitrogens is 2. The largest absolute Gasteiger partial charge is 0.454 e. The van der Waals surface area contributed by atoms with Crippen molar-refractivity contribution in [2.24, 2.45) is 0 Å². The molecule has 0 bridgehead atoms. The van der Waals surface area contributed by atoms with Crippen LogP contribution in [0.5, 0.6) is 11.5 Å². The third-order valence-corrected chi connectivity index (χ3v) is 6.54. The fourth-order valence-electron chi connectivity index (χ4n) is 3.80. The number of benzene rings is 2. The normalized spacial score (nSPS) is 10.4. The molecule has 2 aromatic heterocycles. The van der Waals surface area contributed by atoms with Crippen LogP contribution < -0.4 is 10.1 Å². The van der Waals surface area contributed by atoms with Gasteiger partial charge in [0.25, 0.3) is 0 Å². The molecule has 2 heterocycles. The van der Waals surface area contributed by atoms with E-state index in [1.807, 2.05) is 11.4 Å². The standard InChI is InChI=1S/C26H25F2N3O2S.H2O.W/c1-4-20-15(2)25(23(28)12-24(20)29-3)33-18-5-6-22(27)21(11-18)26-30-13-17(31-26)9-16-10-19(7-8-32)34-14-16;;/h4-6,10-14,29,32H,1,7-9H2,2-3H3,(H,30,31);1H2;. The summed E-state index contributed by atoms with van der Waals surface area (Å²) in [6, 6.07) is 7.62. The summed E-state index contributed by atoms with van der Waals surface area (Å²) in [6.07, 6.45) is 4.54. The maximum atomic E-state index is 14.8. The molecule has 2 aromatic carbocycles. The number of halogens is 2. The number of aliphatic hydroxyl groups is 1. The van der Waals surface area contributed by atoms with Crippen LogP contribution in [-0.4, -0.2) is 34.2 Å². The summed E-state index contributed by atoms with van der Waals surface area (Å²) in [5.41, 5.74) is 4.07. The predicted octanol–water partition coefficient (Wildman–Crippen LogP) is 5.50. The molecule has 4 rings (SSSR count). The molecule has 0 atom stereocenters. The quantitative estimate of drug-likeness (QED) is 0.217. The van der Waals surface area contributed by atoms with Gasteiger partial charge in [-0.25, -0.2) is 13.8 Å². The van der Waals surface area contributed by atoms with Gasteiger partial charge >= 0.3 is 0 Å². The molecule has 0 saturated heterocycles. The van der Waals surface area contributed by atoms with Crippen molar-refractivity contribution >= 4 is 23.1 Å². The molecular weight excluding hydrogens is 656 g/mol. The zero-order valence-corrected chi connectivity index (χ0v) is 23.6. The van der Waals surface area contributed by atoms with Gasteiger partial charge < -0.3 is 25.6 Å². The average Bonchev–Trinajstić information content (AvgIpc) is 3.47. The molecule has 0 amide bonds. The molecule has 0 aliphatic heterocycles. The number of aromatic amines is 1. The summed E-state index contributed by atoms with van der Waals surface area (Å²) in [5.74, 6) is -0.297. The molecule has 0 spiro atoms. The number of H-pyrrole nitrogens is 1. The van der Waals surface area contributed by atoms with Gasteiger partial charge in [0.15, 0.2) is 11.6 Å². The molecule has 5 N–H and O–H groups in total. The van der Waals surface area contributed by atoms with Crippen molar-refractivity contribution in [3.63, 3.8) is 0 Å². The van der Waals surface area contributed by atoms with Gasteiger partial charge in [0, 0.05) is 87.2 Å². The van der Waals surface area contributed by atoms with E-state index in [4.69, 9.17) is 9.84 Å². The molecule has 6 nitrogen and oxygen atoms in total. The fraction of sp³-hybridized carbons (Fsp3) is 0.192. The molecule has 0 unspecified atom stereocenters. The Bertz CT molecular complexity index is 1340. The van der Waals surface area contributed by atoms with Crippen molar-refractivity contribution < 1.29 is 45.2 Å². The Morgan fingerprint density at radius 1 is 1.22 bits per heavy atom. The Labute approximate surface area is 226 Å². The van der Waals surface area contributed by atoms with Crippen molar-refractivity contribution in [1.29, 1.82) is 0 Å². The zero-order valence-electron chi connectivity index (χ0n) is 19.8. The molecule has 0 radical (unpaired) electrons. The number of hydrogen-bond acceptors (Lipinski definition) is 5. The maximum absolute atomic E-state index is 14.8. The summed E-state index contributed by atoms with van der Waals surface area (Å²) in [5, 5.41) is 14.1. The summed E-state index contributed by atoms with van der Waals surface area (Å²) < 4.78 is 35.3. The zero-order chi connectivity index (χ0) is 24.2. The second-order valence-electron chi connectivity index (χ2n) is 7.80. The van der Waals surface area contributed by atoms with Crippen LogP contribution in [0, 0.1) is 18.6 Å². The molecule has 0 aliphatic carbocycles. The number of thiophene rings is 1. The van der Waals surface area contributed by atoms with E-state index < -0.39 is 11.6 Å². The third kappa shape index (κ3) is 6.28. The first-order valence-corrected chi connectivity index (χ1v) is 11.6. The first-order chi connectivity index (χ1) is 16.4. The van der Waals surface area contributed by atoms with E-state index in [0.29, 0.717) is 29.9 Å². The molecule has 4 aromatic rings. The van der Waals surface area contributed by atoms with Crippen molar-refractivity contribution in [1.82, 2.24) is 9.97 Å². The second-order valence-corrected chi connectivity index (χ2v) is 8.80. The summed E-state index contributed by atoms with van der Waals surface area (Å²) in [6.45, 7) is 5.66. The van der Waals surface area contributed by atoms with Crippen LogP contribution in [0.25, 0.3) is 17.5 Å². The van der Waals surface area contributed by atoms with Crippen LogP contribution in [0.15, 0.2) is 48.5 Å². The predicted molar refractivity (Wildman–Crippen MR) is 136 cm³/mol. The second kappa shape index (κ2) is 12.9. The van der Waals surface area contributed by atoms with E-state index in [-0.39, 0.29) is 50.2 Å². The molecule has 0 aliphatic rings. The van der Waals surface area contributed by atoms with Gasteiger partial charge in [-0.2, -0.15) is 0 Å². The van der Waals surface area contributed by atoms with Gasteiger partial charge in [-0.05, 0) is 42.1 Å². The van der Waals surface area contributed by atoms with Crippen molar-refractivity contribution in [3.8, 4) is 22.9 Å². The number of anilines is 1. The van der Waals surface area contributed by atoms with Crippen LogP contribution in [0.3, 0.4) is 0 Å². The first-order valence-electron chi connectivity index (χ1n) is 10.8. The average molecular weight is 683 g/mol. The summed E-state index contributed by atoms with van der Waals surface area (Å²) in [4.78, 5) is 8.61. The topological polar surface area (TPSA) is 102 Å². The van der Waals surface area contributed by atoms with Crippen molar-refractivity contribution in [3.05, 3.63) is 87.4 Å². The SMILES string of the molecule is C=Cc1c(NC)cc(F)c(Oc2ccc(F)c(-c3ncc(Cc4csc(CCO)c4)[nH]3)c2)c1C.O.[W]. The van der Waals surface area contributed by atoms with E-state index in [2.05, 4.69) is 21.9 Å². The van der Waals surface area contributed by atoms with Gasteiger partial charge in [0.1, 0.15) is 17.4 Å². The minimum absolute atomic E-state index is 0. The van der Waals surface area contributed by atoms with E-state index in [1.54, 1.807) is 37.6 Å². The molecule has 0 saturated carbocycles. The van der Waals surface area contributed by atoms with Gasteiger partial charge in [0.2, 0.25) is 0 Å². The van der Waals surface area contributed by atoms with Gasteiger partial charge in [-0.1, -0.05) is 12.7 Å². The molecule has 10 heteroatoms. The number of ether oxygens (including phenoxy) is 1. The van der Waals surface area contributed by atoms with E-state index in [0.717, 1.165) is 21.7 Å². The van der Waals surface area contributed by atoms with Crippen LogP contribution in [0.4, 0.5) is 14.5 Å². The maximum Gasteiger partial charge on any atom is 0.168 e. The number of rotatable bonds is 9. The summed E-state index contributed by atoms with van der Waals surface area (Å²) >= 11 is 1.60. The monoisotopic (exact) mass is 683 g/mol. The molecular formula is C26H27F2N3O3SW. The van der Waals surface area contributed by atoms with E-state index in [1.165, 1.54) is 24.3 Å². The molecule has 190 valence electrons. The molecule has 0 fully saturated rings. The van der Waals surface area contributed by atoms with Crippen LogP contribution >= 0.6 is 11.3 Å². The Kier molecular flexibility index (Phi) is 10.5. The third-order valence-electron chi connectivity index (χ3n) is 5.50. The van der Waals surface area contributed by atoms with E-state index in [9.17, 15) is 8.78 Å². The number of nitrogens with one attached hydrogen (secondary N) is 2. The number of imidazole rings is 1. The smallest absolute Gasteiger partial charge is 0.168 e. The Balaban J connectivity index is 0.00000228. The van der Waals surface area contributed by atoms with Crippen molar-refractivity contribution in [2.45, 2.75) is 19.8 Å². The van der Waals surface area contributed by atoms with Crippen LogP contribution in [-0.2, 0) is 33.9 Å². The molecule has 36 heavy (non-hydrogen) atoms. The minimum Gasteiger partial charge on any atom is -0.454 e. The van der Waals surface area contributed by atoms with E-state index >= 15 is 0 Å². The minimum atomic E-state index is -0.532. The number of aliphatic hydroxyl groups excluding tert-OH is 1. The van der Waals surface area contributed by atoms with Crippen LogP contribution in [0.2, 0.25) is 0 Å². The van der Waals surface area contributed by atoms with Gasteiger partial charge in [-0.15, -0.1) is 11.3 Å². The summed E-state index contributed by atoms with van der Waals surface area (Å²) in [7, 11) is 1.71. The number of hydrogen-bond donors (Lipinski definition) is 3.